The molecule has 0 bridgehead atoms. The molecule has 11 heteroatoms. The molecule has 0 aliphatic heterocycles. The number of anilines is 1. The Morgan fingerprint density at radius 2 is 1.61 bits per heavy atom. The van der Waals surface area contributed by atoms with Gasteiger partial charge in [0.25, 0.3) is 10.0 Å². The molecule has 0 saturated carbocycles. The van der Waals surface area contributed by atoms with Gasteiger partial charge < -0.3 is 9.47 Å². The van der Waals surface area contributed by atoms with Gasteiger partial charge in [-0.05, 0) is 42.5 Å². The predicted molar refractivity (Wildman–Crippen MR) is 125 cm³/mol. The number of nitrogens with one attached hydrogen (secondary N) is 2. The number of sulfonamides is 1. The molecule has 9 nitrogen and oxygen atoms in total. The van der Waals surface area contributed by atoms with Crippen LogP contribution >= 0.6 is 0 Å². The van der Waals surface area contributed by atoms with Crippen LogP contribution in [0.5, 0.6) is 11.5 Å². The van der Waals surface area contributed by atoms with Crippen molar-refractivity contribution in [3.63, 3.8) is 0 Å². The monoisotopic (exact) mass is 487 g/mol. The first-order chi connectivity index (χ1) is 15.6. The van der Waals surface area contributed by atoms with E-state index in [0.717, 1.165) is 6.26 Å². The van der Waals surface area contributed by atoms with Gasteiger partial charge in [0.15, 0.2) is 9.84 Å². The van der Waals surface area contributed by atoms with Crippen molar-refractivity contribution in [3.8, 4) is 22.8 Å². The first-order valence-corrected chi connectivity index (χ1v) is 13.0. The molecule has 0 atom stereocenters. The Morgan fingerprint density at radius 3 is 2.27 bits per heavy atom. The second kappa shape index (κ2) is 8.41. The van der Waals surface area contributed by atoms with E-state index in [9.17, 15) is 16.8 Å². The highest BCUT2D eigenvalue weighted by Crippen LogP contribution is 2.37. The van der Waals surface area contributed by atoms with E-state index in [-0.39, 0.29) is 15.5 Å². The summed E-state index contributed by atoms with van der Waals surface area (Å²) in [5.74, 6) is 1.16. The number of hydrogen-bond donors (Lipinski definition) is 2. The number of aromatic amines is 1. The number of H-pyrrole nitrogens is 1. The standard InChI is InChI=1S/C22H21N3O6S2/c1-30-15-9-10-16(19(13-15)31-2)22-17-12-14(8-11-18(17)23-24-22)25-33(28,29)21-7-5-4-6-20(21)32(3,26)27/h4-13,25H,1-3H3,(H,23,24). The van der Waals surface area contributed by atoms with E-state index in [1.54, 1.807) is 43.5 Å². The highest BCUT2D eigenvalue weighted by molar-refractivity contribution is 7.95. The van der Waals surface area contributed by atoms with Gasteiger partial charge >= 0.3 is 0 Å². The maximum atomic E-state index is 13.0. The summed E-state index contributed by atoms with van der Waals surface area (Å²) < 4.78 is 63.4. The summed E-state index contributed by atoms with van der Waals surface area (Å²) in [6.07, 6.45) is 0.966. The number of ether oxygens (including phenoxy) is 2. The third-order valence-electron chi connectivity index (χ3n) is 5.02. The highest BCUT2D eigenvalue weighted by atomic mass is 32.2. The summed E-state index contributed by atoms with van der Waals surface area (Å²) in [6, 6.07) is 15.6. The second-order valence-electron chi connectivity index (χ2n) is 7.22. The van der Waals surface area contributed by atoms with Gasteiger partial charge in [-0.2, -0.15) is 5.10 Å². The van der Waals surface area contributed by atoms with Crippen LogP contribution in [0, 0.1) is 0 Å². The Balaban J connectivity index is 1.78. The van der Waals surface area contributed by atoms with Crippen LogP contribution in [0.2, 0.25) is 0 Å². The molecule has 4 aromatic rings. The van der Waals surface area contributed by atoms with E-state index in [1.807, 2.05) is 0 Å². The molecule has 0 saturated heterocycles. The van der Waals surface area contributed by atoms with E-state index in [1.165, 1.54) is 31.4 Å². The van der Waals surface area contributed by atoms with Crippen molar-refractivity contribution in [1.82, 2.24) is 10.2 Å². The van der Waals surface area contributed by atoms with Crippen LogP contribution in [0.4, 0.5) is 5.69 Å². The Bertz CT molecular complexity index is 1560. The maximum absolute atomic E-state index is 13.0. The molecule has 1 heterocycles. The molecule has 1 aromatic heterocycles. The first kappa shape index (κ1) is 22.6. The summed E-state index contributed by atoms with van der Waals surface area (Å²) >= 11 is 0. The van der Waals surface area contributed by atoms with E-state index < -0.39 is 19.9 Å². The van der Waals surface area contributed by atoms with Crippen LogP contribution in [0.25, 0.3) is 22.2 Å². The van der Waals surface area contributed by atoms with Crippen molar-refractivity contribution in [1.29, 1.82) is 0 Å². The lowest BCUT2D eigenvalue weighted by atomic mass is 10.1. The summed E-state index contributed by atoms with van der Waals surface area (Å²) in [7, 11) is -4.84. The molecule has 0 fully saturated rings. The molecule has 2 N–H and O–H groups in total. The molecule has 0 radical (unpaired) electrons. The number of rotatable bonds is 7. The fraction of sp³-hybridized carbons (Fsp3) is 0.136. The van der Waals surface area contributed by atoms with Crippen LogP contribution in [-0.4, -0.2) is 47.5 Å². The number of fused-ring (bicyclic) bond motifs is 1. The van der Waals surface area contributed by atoms with Gasteiger partial charge in [0.1, 0.15) is 22.1 Å². The number of nitrogens with zero attached hydrogens (tertiary/aromatic N) is 1. The van der Waals surface area contributed by atoms with Gasteiger partial charge in [-0.1, -0.05) is 12.1 Å². The van der Waals surface area contributed by atoms with Crippen molar-refractivity contribution in [2.45, 2.75) is 9.79 Å². The first-order valence-electron chi connectivity index (χ1n) is 9.66. The fourth-order valence-electron chi connectivity index (χ4n) is 3.47. The fourth-order valence-corrected chi connectivity index (χ4v) is 6.15. The average Bonchev–Trinajstić information content (AvgIpc) is 3.20. The number of aromatic nitrogens is 2. The zero-order valence-corrected chi connectivity index (χ0v) is 19.6. The number of sulfone groups is 1. The Morgan fingerprint density at radius 1 is 0.879 bits per heavy atom. The summed E-state index contributed by atoms with van der Waals surface area (Å²) in [4.78, 5) is -0.595. The van der Waals surface area contributed by atoms with Crippen LogP contribution in [0.3, 0.4) is 0 Å². The van der Waals surface area contributed by atoms with Gasteiger partial charge in [0.05, 0.1) is 24.6 Å². The third kappa shape index (κ3) is 4.37. The zero-order valence-electron chi connectivity index (χ0n) is 18.0. The minimum Gasteiger partial charge on any atom is -0.497 e. The lowest BCUT2D eigenvalue weighted by Gasteiger charge is -2.12. The maximum Gasteiger partial charge on any atom is 0.263 e. The number of hydrogen-bond acceptors (Lipinski definition) is 7. The molecular formula is C22H21N3O6S2. The number of methoxy groups -OCH3 is 2. The van der Waals surface area contributed by atoms with Crippen LogP contribution < -0.4 is 14.2 Å². The van der Waals surface area contributed by atoms with Crippen molar-refractivity contribution < 1.29 is 26.3 Å². The lowest BCUT2D eigenvalue weighted by molar-refractivity contribution is 0.395. The van der Waals surface area contributed by atoms with Crippen LogP contribution in [-0.2, 0) is 19.9 Å². The summed E-state index contributed by atoms with van der Waals surface area (Å²) in [5.41, 5.74) is 2.18. The van der Waals surface area contributed by atoms with Gasteiger partial charge in [-0.25, -0.2) is 16.8 Å². The van der Waals surface area contributed by atoms with Crippen LogP contribution in [0.15, 0.2) is 70.5 Å². The van der Waals surface area contributed by atoms with Gasteiger partial charge in [-0.3, -0.25) is 9.82 Å². The molecular weight excluding hydrogens is 466 g/mol. The predicted octanol–water partition coefficient (Wildman–Crippen LogP) is 3.45. The molecule has 33 heavy (non-hydrogen) atoms. The van der Waals surface area contributed by atoms with Crippen molar-refractivity contribution in [2.24, 2.45) is 0 Å². The zero-order chi connectivity index (χ0) is 23.8. The van der Waals surface area contributed by atoms with E-state index in [2.05, 4.69) is 14.9 Å². The van der Waals surface area contributed by atoms with Crippen molar-refractivity contribution in [2.75, 3.05) is 25.2 Å². The summed E-state index contributed by atoms with van der Waals surface area (Å²) in [6.45, 7) is 0. The van der Waals surface area contributed by atoms with Crippen LogP contribution in [0.1, 0.15) is 0 Å². The molecule has 3 aromatic carbocycles. The topological polar surface area (TPSA) is 127 Å². The smallest absolute Gasteiger partial charge is 0.263 e. The van der Waals surface area contributed by atoms with Gasteiger partial charge in [0.2, 0.25) is 0 Å². The van der Waals surface area contributed by atoms with Gasteiger partial charge in [-0.15, -0.1) is 0 Å². The number of benzene rings is 3. The van der Waals surface area contributed by atoms with E-state index >= 15 is 0 Å². The van der Waals surface area contributed by atoms with Gasteiger partial charge in [0, 0.05) is 29.0 Å². The largest absolute Gasteiger partial charge is 0.497 e. The Kier molecular flexibility index (Phi) is 5.76. The Hall–Kier alpha value is -3.57. The Labute approximate surface area is 191 Å². The molecule has 4 rings (SSSR count). The second-order valence-corrected chi connectivity index (χ2v) is 10.9. The lowest BCUT2D eigenvalue weighted by Crippen LogP contribution is -2.16. The average molecular weight is 488 g/mol. The van der Waals surface area contributed by atoms with E-state index in [0.29, 0.717) is 33.7 Å². The minimum absolute atomic E-state index is 0.251. The van der Waals surface area contributed by atoms with E-state index in [4.69, 9.17) is 9.47 Å². The highest BCUT2D eigenvalue weighted by Gasteiger charge is 2.24. The normalized spacial score (nSPS) is 12.0. The molecule has 0 aliphatic carbocycles. The van der Waals surface area contributed by atoms with Crippen molar-refractivity contribution in [3.05, 3.63) is 60.7 Å². The minimum atomic E-state index is -4.18. The van der Waals surface area contributed by atoms with Crippen molar-refractivity contribution >= 4 is 36.5 Å². The molecule has 0 aliphatic rings. The molecule has 0 spiro atoms. The quantitative estimate of drug-likeness (QED) is 0.409. The molecule has 0 amide bonds. The third-order valence-corrected chi connectivity index (χ3v) is 7.74. The molecule has 172 valence electrons. The summed E-state index contributed by atoms with van der Waals surface area (Å²) in [5, 5.41) is 7.94. The molecule has 0 unspecified atom stereocenters. The SMILES string of the molecule is COc1ccc(-c2n[nH]c3ccc(NS(=O)(=O)c4ccccc4S(C)(=O)=O)cc23)c(OC)c1.